The molecule has 11 heteroatoms. The Morgan fingerprint density at radius 3 is 2.64 bits per heavy atom. The molecule has 2 aliphatic rings. The Balaban J connectivity index is 1.39. The topological polar surface area (TPSA) is 68.1 Å². The van der Waals surface area contributed by atoms with Crippen LogP contribution >= 0.6 is 0 Å². The van der Waals surface area contributed by atoms with E-state index in [4.69, 9.17) is 9.84 Å². The lowest BCUT2D eigenvalue weighted by Gasteiger charge is -2.18. The van der Waals surface area contributed by atoms with E-state index in [0.717, 1.165) is 24.0 Å². The van der Waals surface area contributed by atoms with Gasteiger partial charge < -0.3 is 15.0 Å². The molecule has 2 aliphatic heterocycles. The zero-order valence-corrected chi connectivity index (χ0v) is 18.7. The molecule has 4 aromatic rings. The van der Waals surface area contributed by atoms with Gasteiger partial charge in [-0.3, -0.25) is 0 Å². The second-order valence-corrected chi connectivity index (χ2v) is 8.53. The fourth-order valence-corrected chi connectivity index (χ4v) is 4.63. The summed E-state index contributed by atoms with van der Waals surface area (Å²) in [6.07, 6.45) is 3.99. The Labute approximate surface area is 202 Å². The van der Waals surface area contributed by atoms with E-state index >= 15 is 0 Å². The summed E-state index contributed by atoms with van der Waals surface area (Å²) in [6, 6.07) is 4.72. The summed E-state index contributed by atoms with van der Waals surface area (Å²) in [7, 11) is 0. The van der Waals surface area contributed by atoms with Gasteiger partial charge in [0.05, 0.1) is 17.1 Å². The summed E-state index contributed by atoms with van der Waals surface area (Å²) in [5, 5.41) is 8.76. The fraction of sp³-hybridized carbons (Fsp3) is 0.160. The highest BCUT2D eigenvalue weighted by atomic mass is 19.2. The van der Waals surface area contributed by atoms with Crippen LogP contribution in [-0.2, 0) is 0 Å². The van der Waals surface area contributed by atoms with Crippen molar-refractivity contribution in [1.29, 1.82) is 0 Å². The molecule has 0 bridgehead atoms. The summed E-state index contributed by atoms with van der Waals surface area (Å²) in [6.45, 7) is 9.32. The molecule has 6 rings (SSSR count). The summed E-state index contributed by atoms with van der Waals surface area (Å²) in [5.41, 5.74) is 3.33. The predicted octanol–water partition coefficient (Wildman–Crippen LogP) is 5.85. The van der Waals surface area contributed by atoms with E-state index in [2.05, 4.69) is 33.3 Å². The lowest BCUT2D eigenvalue weighted by atomic mass is 10.0. The molecule has 1 unspecified atom stereocenters. The number of hydrogen-bond donors (Lipinski definition) is 1. The van der Waals surface area contributed by atoms with Crippen LogP contribution in [0.15, 0.2) is 55.5 Å². The van der Waals surface area contributed by atoms with Crippen molar-refractivity contribution in [2.75, 3.05) is 18.4 Å². The molecule has 7 nitrogen and oxygen atoms in total. The standard InChI is InChI=1S/C25H18F4N6O/c1-3-12(2)34-7-6-13(10-34)35-25-19-22(33-35)15-5-4-14(8-18(15)32-24(19)30-11-31-25)36-23-20(28)16(26)9-17(27)21(23)29/h3-5,8-9,11,13H,1-2,6-7,10H2,(H,30,31,32). The average Bonchev–Trinajstić information content (AvgIpc) is 3.51. The van der Waals surface area contributed by atoms with Gasteiger partial charge in [0.15, 0.2) is 17.3 Å². The normalized spacial score (nSPS) is 16.1. The highest BCUT2D eigenvalue weighted by Crippen LogP contribution is 2.45. The van der Waals surface area contributed by atoms with E-state index in [1.54, 1.807) is 12.1 Å². The molecule has 0 saturated carbocycles. The molecule has 36 heavy (non-hydrogen) atoms. The summed E-state index contributed by atoms with van der Waals surface area (Å²) >= 11 is 0. The maximum Gasteiger partial charge on any atom is 0.204 e. The molecule has 1 fully saturated rings. The van der Waals surface area contributed by atoms with Crippen LogP contribution in [0, 0.1) is 23.3 Å². The molecule has 2 aromatic carbocycles. The Kier molecular flexibility index (Phi) is 4.95. The van der Waals surface area contributed by atoms with Crippen molar-refractivity contribution >= 4 is 22.5 Å². The number of benzene rings is 2. The summed E-state index contributed by atoms with van der Waals surface area (Å²) in [4.78, 5) is 10.9. The van der Waals surface area contributed by atoms with Crippen molar-refractivity contribution in [2.45, 2.75) is 12.5 Å². The number of ether oxygens (including phenoxy) is 1. The minimum absolute atomic E-state index is 0.0356. The van der Waals surface area contributed by atoms with Gasteiger partial charge >= 0.3 is 0 Å². The highest BCUT2D eigenvalue weighted by Gasteiger charge is 2.31. The first kappa shape index (κ1) is 22.1. The highest BCUT2D eigenvalue weighted by molar-refractivity contribution is 6.06. The van der Waals surface area contributed by atoms with Crippen LogP contribution < -0.4 is 10.1 Å². The molecule has 0 spiro atoms. The van der Waals surface area contributed by atoms with Gasteiger partial charge in [-0.2, -0.15) is 13.9 Å². The molecule has 182 valence electrons. The number of allylic oxidation sites excluding steroid dienone is 1. The van der Waals surface area contributed by atoms with Gasteiger partial charge in [-0.15, -0.1) is 0 Å². The Bertz CT molecular complexity index is 1560. The summed E-state index contributed by atoms with van der Waals surface area (Å²) in [5.74, 6) is -7.05. The number of likely N-dealkylation sites (tertiary alicyclic amines) is 1. The van der Waals surface area contributed by atoms with Gasteiger partial charge in [-0.05, 0) is 24.6 Å². The van der Waals surface area contributed by atoms with E-state index in [9.17, 15) is 17.6 Å². The van der Waals surface area contributed by atoms with E-state index in [1.807, 2.05) is 4.68 Å². The zero-order valence-electron chi connectivity index (χ0n) is 18.7. The fourth-order valence-electron chi connectivity index (χ4n) is 4.63. The number of halogens is 4. The summed E-state index contributed by atoms with van der Waals surface area (Å²) < 4.78 is 62.5. The zero-order chi connectivity index (χ0) is 25.1. The number of nitrogens with zero attached hydrogens (tertiary/aromatic N) is 5. The van der Waals surface area contributed by atoms with Crippen molar-refractivity contribution in [2.24, 2.45) is 0 Å². The van der Waals surface area contributed by atoms with Gasteiger partial charge in [0.25, 0.3) is 0 Å². The van der Waals surface area contributed by atoms with E-state index in [-0.39, 0.29) is 17.9 Å². The molecular weight excluding hydrogens is 476 g/mol. The number of rotatable bonds is 5. The van der Waals surface area contributed by atoms with E-state index in [1.165, 1.54) is 18.5 Å². The largest absolute Gasteiger partial charge is 0.451 e. The van der Waals surface area contributed by atoms with Crippen molar-refractivity contribution in [3.8, 4) is 22.8 Å². The Morgan fingerprint density at radius 2 is 1.89 bits per heavy atom. The monoisotopic (exact) mass is 494 g/mol. The van der Waals surface area contributed by atoms with Gasteiger partial charge in [-0.25, -0.2) is 23.4 Å². The third kappa shape index (κ3) is 3.30. The molecular formula is C25H18F4N6O. The molecule has 0 radical (unpaired) electrons. The number of hydrogen-bond acceptors (Lipinski definition) is 6. The predicted molar refractivity (Wildman–Crippen MR) is 125 cm³/mol. The smallest absolute Gasteiger partial charge is 0.204 e. The SMILES string of the molecule is C=CC(=C)N1CCC(n2nc3c4c(ncnc42)Nc2cc(Oc4c(F)c(F)cc(F)c4F)ccc2-3)C1. The minimum Gasteiger partial charge on any atom is -0.451 e. The van der Waals surface area contributed by atoms with Crippen molar-refractivity contribution in [3.63, 3.8) is 0 Å². The van der Waals surface area contributed by atoms with Gasteiger partial charge in [0.1, 0.15) is 23.6 Å². The van der Waals surface area contributed by atoms with Crippen LogP contribution in [-0.4, -0.2) is 37.7 Å². The lowest BCUT2D eigenvalue weighted by Crippen LogP contribution is -2.20. The number of anilines is 2. The molecule has 1 saturated heterocycles. The number of nitrogens with one attached hydrogen (secondary N) is 1. The number of fused-ring (bicyclic) bond motifs is 2. The van der Waals surface area contributed by atoms with Crippen molar-refractivity contribution < 1.29 is 22.3 Å². The second-order valence-electron chi connectivity index (χ2n) is 8.53. The van der Waals surface area contributed by atoms with Crippen LogP contribution in [0.5, 0.6) is 11.5 Å². The maximum absolute atomic E-state index is 14.1. The van der Waals surface area contributed by atoms with Gasteiger partial charge in [0.2, 0.25) is 17.4 Å². The molecule has 4 heterocycles. The second kappa shape index (κ2) is 8.08. The quantitative estimate of drug-likeness (QED) is 0.188. The van der Waals surface area contributed by atoms with E-state index < -0.39 is 29.0 Å². The van der Waals surface area contributed by atoms with Gasteiger partial charge in [0, 0.05) is 36.5 Å². The first-order chi connectivity index (χ1) is 17.4. The molecule has 0 amide bonds. The third-order valence-electron chi connectivity index (χ3n) is 6.43. The molecule has 1 atom stereocenters. The van der Waals surface area contributed by atoms with Crippen LogP contribution in [0.4, 0.5) is 29.1 Å². The van der Waals surface area contributed by atoms with Crippen LogP contribution in [0.25, 0.3) is 22.3 Å². The van der Waals surface area contributed by atoms with E-state index in [0.29, 0.717) is 35.0 Å². The third-order valence-corrected chi connectivity index (χ3v) is 6.43. The first-order valence-electron chi connectivity index (χ1n) is 11.1. The lowest BCUT2D eigenvalue weighted by molar-refractivity contribution is 0.366. The maximum atomic E-state index is 14.1. The van der Waals surface area contributed by atoms with Crippen molar-refractivity contribution in [3.05, 3.63) is 78.8 Å². The van der Waals surface area contributed by atoms with Gasteiger partial charge in [-0.1, -0.05) is 13.2 Å². The minimum atomic E-state index is -1.62. The molecule has 0 aliphatic carbocycles. The number of aromatic nitrogens is 4. The molecule has 1 N–H and O–H groups in total. The first-order valence-corrected chi connectivity index (χ1v) is 11.1. The van der Waals surface area contributed by atoms with Crippen LogP contribution in [0.3, 0.4) is 0 Å². The van der Waals surface area contributed by atoms with Crippen LogP contribution in [0.1, 0.15) is 12.5 Å². The van der Waals surface area contributed by atoms with Crippen LogP contribution in [0.2, 0.25) is 0 Å². The van der Waals surface area contributed by atoms with Crippen molar-refractivity contribution in [1.82, 2.24) is 24.6 Å². The Morgan fingerprint density at radius 1 is 1.11 bits per heavy atom. The molecule has 2 aromatic heterocycles. The Hall–Kier alpha value is -4.41. The average molecular weight is 494 g/mol.